The van der Waals surface area contributed by atoms with Crippen molar-refractivity contribution >= 4 is 42.6 Å². The molecular formula is C21H19BrN2O3S. The molecule has 144 valence electrons. The molecule has 1 aromatic heterocycles. The van der Waals surface area contributed by atoms with Crippen LogP contribution in [-0.2, 0) is 9.84 Å². The van der Waals surface area contributed by atoms with Gasteiger partial charge in [0.15, 0.2) is 9.84 Å². The highest BCUT2D eigenvalue weighted by molar-refractivity contribution is 9.10. The average Bonchev–Trinajstić information content (AvgIpc) is 2.94. The molecule has 5 nitrogen and oxygen atoms in total. The van der Waals surface area contributed by atoms with Crippen LogP contribution in [0.4, 0.5) is 0 Å². The third-order valence-corrected chi connectivity index (χ3v) is 7.45. The number of rotatable bonds is 3. The Balaban J connectivity index is 1.77. The van der Waals surface area contributed by atoms with Crippen molar-refractivity contribution in [3.8, 4) is 11.3 Å². The summed E-state index contributed by atoms with van der Waals surface area (Å²) in [5.74, 6) is -0.212. The zero-order chi connectivity index (χ0) is 19.9. The molecular weight excluding hydrogens is 440 g/mol. The van der Waals surface area contributed by atoms with E-state index in [-0.39, 0.29) is 17.4 Å². The smallest absolute Gasteiger partial charge is 0.252 e. The maximum absolute atomic E-state index is 13.1. The van der Waals surface area contributed by atoms with Gasteiger partial charge >= 0.3 is 0 Å². The van der Waals surface area contributed by atoms with E-state index in [4.69, 9.17) is 4.98 Å². The molecule has 0 bridgehead atoms. The molecule has 1 aliphatic rings. The van der Waals surface area contributed by atoms with Crippen molar-refractivity contribution in [2.24, 2.45) is 0 Å². The van der Waals surface area contributed by atoms with E-state index in [1.165, 1.54) is 0 Å². The second kappa shape index (κ2) is 6.97. The van der Waals surface area contributed by atoms with Gasteiger partial charge in [-0.1, -0.05) is 46.3 Å². The second-order valence-electron chi connectivity index (χ2n) is 7.44. The summed E-state index contributed by atoms with van der Waals surface area (Å²) in [4.78, 5) is 17.8. The first-order chi connectivity index (χ1) is 13.2. The maximum atomic E-state index is 13.1. The topological polar surface area (TPSA) is 76.1 Å². The summed E-state index contributed by atoms with van der Waals surface area (Å²) >= 11 is 3.43. The van der Waals surface area contributed by atoms with Crippen molar-refractivity contribution in [2.75, 3.05) is 11.5 Å². The van der Waals surface area contributed by atoms with E-state index in [9.17, 15) is 13.2 Å². The van der Waals surface area contributed by atoms with E-state index < -0.39 is 15.4 Å². The Morgan fingerprint density at radius 3 is 2.54 bits per heavy atom. The van der Waals surface area contributed by atoms with Gasteiger partial charge < -0.3 is 5.32 Å². The normalized spacial score (nSPS) is 20.9. The molecule has 1 N–H and O–H groups in total. The summed E-state index contributed by atoms with van der Waals surface area (Å²) in [7, 11) is -3.11. The first-order valence-corrected chi connectivity index (χ1v) is 11.5. The summed E-state index contributed by atoms with van der Waals surface area (Å²) in [6, 6.07) is 17.0. The van der Waals surface area contributed by atoms with Crippen molar-refractivity contribution in [1.82, 2.24) is 10.3 Å². The number of aromatic nitrogens is 1. The Kier molecular flexibility index (Phi) is 4.75. The molecule has 2 heterocycles. The molecule has 3 aromatic rings. The second-order valence-corrected chi connectivity index (χ2v) is 10.5. The highest BCUT2D eigenvalue weighted by Gasteiger charge is 2.39. The lowest BCUT2D eigenvalue weighted by Crippen LogP contribution is -2.47. The highest BCUT2D eigenvalue weighted by atomic mass is 79.9. The number of hydrogen-bond donors (Lipinski definition) is 1. The zero-order valence-electron chi connectivity index (χ0n) is 15.3. The molecule has 1 unspecified atom stereocenters. The van der Waals surface area contributed by atoms with Gasteiger partial charge in [0.2, 0.25) is 0 Å². The van der Waals surface area contributed by atoms with Crippen molar-refractivity contribution in [1.29, 1.82) is 0 Å². The van der Waals surface area contributed by atoms with Crippen LogP contribution in [0.5, 0.6) is 0 Å². The number of fused-ring (bicyclic) bond motifs is 1. The molecule has 0 radical (unpaired) electrons. The van der Waals surface area contributed by atoms with Crippen LogP contribution >= 0.6 is 15.9 Å². The van der Waals surface area contributed by atoms with Gasteiger partial charge in [-0.3, -0.25) is 4.79 Å². The molecule has 4 rings (SSSR count). The number of nitrogens with zero attached hydrogens (tertiary/aromatic N) is 1. The maximum Gasteiger partial charge on any atom is 0.252 e. The van der Waals surface area contributed by atoms with Gasteiger partial charge in [-0.05, 0) is 37.6 Å². The predicted octanol–water partition coefficient (Wildman–Crippen LogP) is 3.97. The molecule has 2 aromatic carbocycles. The van der Waals surface area contributed by atoms with Gasteiger partial charge in [-0.15, -0.1) is 0 Å². The number of amides is 1. The van der Waals surface area contributed by atoms with Gasteiger partial charge in [0.25, 0.3) is 5.91 Å². The van der Waals surface area contributed by atoms with Crippen molar-refractivity contribution in [3.63, 3.8) is 0 Å². The van der Waals surface area contributed by atoms with E-state index in [2.05, 4.69) is 21.2 Å². The fourth-order valence-corrected chi connectivity index (χ4v) is 5.94. The number of carbonyl (C=O) groups is 1. The van der Waals surface area contributed by atoms with Crippen LogP contribution in [0.1, 0.15) is 23.7 Å². The van der Waals surface area contributed by atoms with Crippen molar-refractivity contribution < 1.29 is 13.2 Å². The van der Waals surface area contributed by atoms with Crippen LogP contribution in [0.3, 0.4) is 0 Å². The van der Waals surface area contributed by atoms with E-state index >= 15 is 0 Å². The Bertz CT molecular complexity index is 1180. The van der Waals surface area contributed by atoms with Crippen LogP contribution in [0, 0.1) is 0 Å². The molecule has 1 amide bonds. The standard InChI is InChI=1S/C21H19BrN2O3S/c1-21(10-11-28(26,27)13-21)24-20(25)17-12-19(14-6-8-15(22)9-7-14)23-18-5-3-2-4-16(17)18/h2-9,12H,10-11,13H2,1H3,(H,24,25). The quantitative estimate of drug-likeness (QED) is 0.643. The summed E-state index contributed by atoms with van der Waals surface area (Å²) in [6.45, 7) is 1.79. The SMILES string of the molecule is CC1(NC(=O)c2cc(-c3ccc(Br)cc3)nc3ccccc23)CCS(=O)(=O)C1. The Morgan fingerprint density at radius 1 is 1.14 bits per heavy atom. The van der Waals surface area contributed by atoms with Crippen molar-refractivity contribution in [2.45, 2.75) is 18.9 Å². The van der Waals surface area contributed by atoms with Gasteiger partial charge in [0, 0.05) is 15.4 Å². The third-order valence-electron chi connectivity index (χ3n) is 5.02. The van der Waals surface area contributed by atoms with Crippen LogP contribution in [-0.4, -0.2) is 36.4 Å². The summed E-state index contributed by atoms with van der Waals surface area (Å²) in [6.07, 6.45) is 0.420. The zero-order valence-corrected chi connectivity index (χ0v) is 17.7. The van der Waals surface area contributed by atoms with Crippen molar-refractivity contribution in [3.05, 3.63) is 64.6 Å². The molecule has 1 fully saturated rings. The minimum absolute atomic E-state index is 0.0334. The predicted molar refractivity (Wildman–Crippen MR) is 114 cm³/mol. The van der Waals surface area contributed by atoms with Gasteiger partial charge in [0.1, 0.15) is 0 Å². The summed E-state index contributed by atoms with van der Waals surface area (Å²) in [5.41, 5.74) is 2.06. The monoisotopic (exact) mass is 458 g/mol. The van der Waals surface area contributed by atoms with E-state index in [0.29, 0.717) is 17.7 Å². The van der Waals surface area contributed by atoms with Crippen LogP contribution in [0.25, 0.3) is 22.2 Å². The number of para-hydroxylation sites is 1. The molecule has 1 aliphatic heterocycles. The van der Waals surface area contributed by atoms with E-state index in [1.807, 2.05) is 48.5 Å². The number of nitrogens with one attached hydrogen (secondary N) is 1. The number of carbonyl (C=O) groups excluding carboxylic acids is 1. The van der Waals surface area contributed by atoms with E-state index in [1.54, 1.807) is 13.0 Å². The first kappa shape index (κ1) is 19.1. The lowest BCUT2D eigenvalue weighted by atomic mass is 9.99. The highest BCUT2D eigenvalue weighted by Crippen LogP contribution is 2.28. The van der Waals surface area contributed by atoms with Crippen LogP contribution in [0.2, 0.25) is 0 Å². The Morgan fingerprint density at radius 2 is 1.86 bits per heavy atom. The molecule has 7 heteroatoms. The Hall–Kier alpha value is -2.25. The minimum atomic E-state index is -3.11. The van der Waals surface area contributed by atoms with Crippen LogP contribution in [0.15, 0.2) is 59.1 Å². The number of pyridine rings is 1. The summed E-state index contributed by atoms with van der Waals surface area (Å²) in [5, 5.41) is 3.69. The molecule has 0 saturated carbocycles. The van der Waals surface area contributed by atoms with Gasteiger partial charge in [-0.25, -0.2) is 13.4 Å². The van der Waals surface area contributed by atoms with Gasteiger partial charge in [-0.2, -0.15) is 0 Å². The van der Waals surface area contributed by atoms with Gasteiger partial charge in [0.05, 0.1) is 33.8 Å². The lowest BCUT2D eigenvalue weighted by Gasteiger charge is -2.24. The van der Waals surface area contributed by atoms with Crippen LogP contribution < -0.4 is 5.32 Å². The molecule has 1 atom stereocenters. The Labute approximate surface area is 172 Å². The fraction of sp³-hybridized carbons (Fsp3) is 0.238. The first-order valence-electron chi connectivity index (χ1n) is 8.93. The number of halogens is 1. The average molecular weight is 459 g/mol. The fourth-order valence-electron chi connectivity index (χ4n) is 3.58. The third kappa shape index (κ3) is 3.82. The number of benzene rings is 2. The molecule has 28 heavy (non-hydrogen) atoms. The largest absolute Gasteiger partial charge is 0.346 e. The summed E-state index contributed by atoms with van der Waals surface area (Å²) < 4.78 is 24.7. The number of sulfone groups is 1. The molecule has 0 spiro atoms. The number of hydrogen-bond acceptors (Lipinski definition) is 4. The molecule has 0 aliphatic carbocycles. The lowest BCUT2D eigenvalue weighted by molar-refractivity contribution is 0.0917. The van der Waals surface area contributed by atoms with E-state index in [0.717, 1.165) is 20.9 Å². The minimum Gasteiger partial charge on any atom is -0.346 e. The molecule has 1 saturated heterocycles.